The fraction of sp³-hybridized carbons (Fsp3) is 0.515. The second-order valence-electron chi connectivity index (χ2n) is 11.0. The van der Waals surface area contributed by atoms with Crippen LogP contribution in [-0.4, -0.2) is 36.9 Å². The summed E-state index contributed by atoms with van der Waals surface area (Å²) in [6, 6.07) is 9.04. The molecule has 0 atom stereocenters. The summed E-state index contributed by atoms with van der Waals surface area (Å²) in [6.07, 6.45) is 21.2. The predicted molar refractivity (Wildman–Crippen MR) is 175 cm³/mol. The number of para-hydroxylation sites is 1. The minimum Gasteiger partial charge on any atom is -0.478 e. The van der Waals surface area contributed by atoms with Gasteiger partial charge in [-0.2, -0.15) is 0 Å². The molecule has 0 spiro atoms. The molecular formula is C33H47N3O7S. The number of carboxylic acids is 1. The van der Waals surface area contributed by atoms with E-state index in [-0.39, 0.29) is 28.1 Å². The minimum absolute atomic E-state index is 0.0496. The predicted octanol–water partition coefficient (Wildman–Crippen LogP) is 8.00. The van der Waals surface area contributed by atoms with Gasteiger partial charge in [0.2, 0.25) is 10.0 Å². The van der Waals surface area contributed by atoms with Crippen molar-refractivity contribution in [2.24, 2.45) is 0 Å². The lowest BCUT2D eigenvalue weighted by atomic mass is 10.1. The Morgan fingerprint density at radius 3 is 2.07 bits per heavy atom. The number of anilines is 1. The second-order valence-corrected chi connectivity index (χ2v) is 12.7. The van der Waals surface area contributed by atoms with Crippen molar-refractivity contribution in [1.82, 2.24) is 5.32 Å². The zero-order valence-electron chi connectivity index (χ0n) is 25.8. The summed E-state index contributed by atoms with van der Waals surface area (Å²) in [5.74, 6) is -2.58. The average Bonchev–Trinajstić information content (AvgIpc) is 2.98. The third-order valence-electron chi connectivity index (χ3n) is 7.29. The Kier molecular flexibility index (Phi) is 16.8. The topological polar surface area (TPSA) is 156 Å². The smallest absolute Gasteiger partial charge is 0.337 e. The normalized spacial score (nSPS) is 11.5. The third kappa shape index (κ3) is 14.2. The highest BCUT2D eigenvalue weighted by Crippen LogP contribution is 2.24. The highest BCUT2D eigenvalue weighted by atomic mass is 32.2. The molecule has 10 nitrogen and oxygen atoms in total. The number of unbranched alkanes of at least 4 members (excludes halogenated alkanes) is 12. The largest absolute Gasteiger partial charge is 0.478 e. The number of nitrogens with one attached hydrogen (secondary N) is 2. The van der Waals surface area contributed by atoms with Gasteiger partial charge in [-0.25, -0.2) is 13.2 Å². The molecular weight excluding hydrogens is 582 g/mol. The molecule has 0 unspecified atom stereocenters. The number of benzene rings is 2. The monoisotopic (exact) mass is 629 g/mol. The van der Waals surface area contributed by atoms with Gasteiger partial charge in [0.05, 0.1) is 16.2 Å². The maximum Gasteiger partial charge on any atom is 0.337 e. The van der Waals surface area contributed by atoms with Crippen LogP contribution in [0.4, 0.5) is 11.4 Å². The molecule has 0 saturated heterocycles. The maximum atomic E-state index is 12.8. The quantitative estimate of drug-likeness (QED) is 0.0486. The van der Waals surface area contributed by atoms with Crippen molar-refractivity contribution in [3.05, 3.63) is 81.4 Å². The molecule has 242 valence electrons. The summed E-state index contributed by atoms with van der Waals surface area (Å²) >= 11 is 0. The van der Waals surface area contributed by atoms with Crippen molar-refractivity contribution in [3.8, 4) is 0 Å². The summed E-state index contributed by atoms with van der Waals surface area (Å²) in [7, 11) is -4.24. The van der Waals surface area contributed by atoms with E-state index in [2.05, 4.69) is 29.1 Å². The molecule has 2 aromatic rings. The summed E-state index contributed by atoms with van der Waals surface area (Å²) in [4.78, 5) is 35.0. The Balaban J connectivity index is 1.73. The first-order chi connectivity index (χ1) is 21.1. The fourth-order valence-electron chi connectivity index (χ4n) is 4.85. The van der Waals surface area contributed by atoms with Gasteiger partial charge in [0.15, 0.2) is 0 Å². The van der Waals surface area contributed by atoms with Crippen LogP contribution in [0.3, 0.4) is 0 Å². The van der Waals surface area contributed by atoms with Gasteiger partial charge in [-0.05, 0) is 50.3 Å². The van der Waals surface area contributed by atoms with Crippen molar-refractivity contribution < 1.29 is 28.0 Å². The van der Waals surface area contributed by atoms with Crippen LogP contribution in [-0.2, 0) is 15.8 Å². The maximum absolute atomic E-state index is 12.8. The number of carbonyl (C=O) groups is 2. The molecule has 0 saturated carbocycles. The van der Waals surface area contributed by atoms with E-state index in [1.807, 2.05) is 0 Å². The molecule has 3 N–H and O–H groups in total. The van der Waals surface area contributed by atoms with Crippen LogP contribution in [0.25, 0.3) is 0 Å². The SMILES string of the molecule is CCCCCCCC/C=C\CCCCCCCCNC(=O)c1ccc(C(=O)O)c(NS(=O)(=O)Cc2ccccc2[N+](=O)[O-])c1. The van der Waals surface area contributed by atoms with Gasteiger partial charge in [-0.3, -0.25) is 19.6 Å². The first-order valence-electron chi connectivity index (χ1n) is 15.7. The van der Waals surface area contributed by atoms with E-state index in [1.54, 1.807) is 0 Å². The van der Waals surface area contributed by atoms with Crippen LogP contribution >= 0.6 is 0 Å². The van der Waals surface area contributed by atoms with Gasteiger partial charge >= 0.3 is 5.97 Å². The first-order valence-corrected chi connectivity index (χ1v) is 17.3. The van der Waals surface area contributed by atoms with Crippen molar-refractivity contribution in [1.29, 1.82) is 0 Å². The molecule has 0 fully saturated rings. The Labute approximate surface area is 261 Å². The number of aromatic carboxylic acids is 1. The molecule has 44 heavy (non-hydrogen) atoms. The van der Waals surface area contributed by atoms with E-state index in [0.717, 1.165) is 44.2 Å². The standard InChI is InChI=1S/C33H47N3O7S/c1-2-3-4-5-6-7-8-9-10-11-12-13-14-15-16-19-24-34-32(37)27-22-23-29(33(38)39)30(25-27)35-44(42,43)26-28-20-17-18-21-31(28)36(40)41/h9-10,17-18,20-23,25,35H,2-8,11-16,19,24,26H2,1H3,(H,34,37)(H,38,39)/b10-9-. The highest BCUT2D eigenvalue weighted by Gasteiger charge is 2.23. The highest BCUT2D eigenvalue weighted by molar-refractivity contribution is 7.91. The summed E-state index contributed by atoms with van der Waals surface area (Å²) in [6.45, 7) is 2.68. The number of carbonyl (C=O) groups excluding carboxylic acids is 1. The number of nitro groups is 1. The van der Waals surface area contributed by atoms with Gasteiger partial charge in [0, 0.05) is 23.7 Å². The molecule has 2 aromatic carbocycles. The lowest BCUT2D eigenvalue weighted by Crippen LogP contribution is -2.25. The molecule has 0 aliphatic carbocycles. The van der Waals surface area contributed by atoms with Gasteiger partial charge in [-0.1, -0.05) is 95.1 Å². The Bertz CT molecular complexity index is 1340. The summed E-state index contributed by atoms with van der Waals surface area (Å²) in [5.41, 5.74) is -0.952. The van der Waals surface area contributed by atoms with Crippen molar-refractivity contribution in [3.63, 3.8) is 0 Å². The van der Waals surface area contributed by atoms with Crippen LogP contribution in [0.2, 0.25) is 0 Å². The van der Waals surface area contributed by atoms with Gasteiger partial charge in [-0.15, -0.1) is 0 Å². The molecule has 0 aliphatic rings. The average molecular weight is 630 g/mol. The Morgan fingerprint density at radius 2 is 1.45 bits per heavy atom. The molecule has 0 aromatic heterocycles. The Morgan fingerprint density at radius 1 is 0.864 bits per heavy atom. The number of amides is 1. The van der Waals surface area contributed by atoms with Crippen molar-refractivity contribution in [2.45, 2.75) is 103 Å². The van der Waals surface area contributed by atoms with Gasteiger partial charge in [0.1, 0.15) is 5.75 Å². The van der Waals surface area contributed by atoms with Gasteiger partial charge in [0.25, 0.3) is 11.6 Å². The van der Waals surface area contributed by atoms with Crippen LogP contribution in [0.15, 0.2) is 54.6 Å². The molecule has 0 radical (unpaired) electrons. The van der Waals surface area contributed by atoms with E-state index >= 15 is 0 Å². The summed E-state index contributed by atoms with van der Waals surface area (Å²) in [5, 5.41) is 23.6. The van der Waals surface area contributed by atoms with E-state index in [1.165, 1.54) is 88.1 Å². The van der Waals surface area contributed by atoms with E-state index < -0.39 is 32.6 Å². The number of rotatable bonds is 23. The van der Waals surface area contributed by atoms with Crippen LogP contribution in [0.1, 0.15) is 123 Å². The molecule has 0 aliphatic heterocycles. The summed E-state index contributed by atoms with van der Waals surface area (Å²) < 4.78 is 27.8. The van der Waals surface area contributed by atoms with Crippen molar-refractivity contribution in [2.75, 3.05) is 11.3 Å². The van der Waals surface area contributed by atoms with Gasteiger partial charge < -0.3 is 10.4 Å². The Hall–Kier alpha value is -3.73. The third-order valence-corrected chi connectivity index (χ3v) is 8.51. The number of sulfonamides is 1. The number of hydrogen-bond acceptors (Lipinski definition) is 6. The fourth-order valence-corrected chi connectivity index (χ4v) is 6.08. The number of hydrogen-bond donors (Lipinski definition) is 3. The molecule has 0 heterocycles. The first kappa shape index (κ1) is 36.5. The van der Waals surface area contributed by atoms with Crippen LogP contribution in [0.5, 0.6) is 0 Å². The zero-order valence-corrected chi connectivity index (χ0v) is 26.6. The molecule has 11 heteroatoms. The van der Waals surface area contributed by atoms with Crippen LogP contribution in [0, 0.1) is 10.1 Å². The second kappa shape index (κ2) is 20.3. The molecule has 0 bridgehead atoms. The van der Waals surface area contributed by atoms with E-state index in [0.29, 0.717) is 6.54 Å². The number of carboxylic acid groups (broad SMARTS) is 1. The minimum atomic E-state index is -4.24. The number of nitrogens with zero attached hydrogens (tertiary/aromatic N) is 1. The molecule has 2 rings (SSSR count). The lowest BCUT2D eigenvalue weighted by Gasteiger charge is -2.13. The van der Waals surface area contributed by atoms with E-state index in [9.17, 15) is 33.2 Å². The van der Waals surface area contributed by atoms with Crippen LogP contribution < -0.4 is 10.0 Å². The van der Waals surface area contributed by atoms with E-state index in [4.69, 9.17) is 0 Å². The molecule has 1 amide bonds. The van der Waals surface area contributed by atoms with Crippen molar-refractivity contribution >= 4 is 33.3 Å². The lowest BCUT2D eigenvalue weighted by molar-refractivity contribution is -0.385. The zero-order chi connectivity index (χ0) is 32.2. The number of allylic oxidation sites excluding steroid dienone is 2. The number of nitro benzene ring substituents is 1.